The molecular formula is C18H14ClF3N2O2. The number of rotatable bonds is 3. The zero-order chi connectivity index (χ0) is 19.0. The van der Waals surface area contributed by atoms with Crippen LogP contribution in [0, 0.1) is 30.3 Å². The number of hydrogen-bond donors (Lipinski definition) is 1. The Morgan fingerprint density at radius 3 is 2.65 bits per heavy atom. The molecule has 0 saturated carbocycles. The molecule has 1 aliphatic heterocycles. The molecule has 0 aromatic heterocycles. The summed E-state index contributed by atoms with van der Waals surface area (Å²) in [5.41, 5.74) is 0.936. The number of halogens is 4. The monoisotopic (exact) mass is 382 g/mol. The van der Waals surface area contributed by atoms with E-state index >= 15 is 0 Å². The lowest BCUT2D eigenvalue weighted by molar-refractivity contribution is -0.122. The third-order valence-corrected chi connectivity index (χ3v) is 4.49. The van der Waals surface area contributed by atoms with Gasteiger partial charge in [-0.05, 0) is 36.8 Å². The molecule has 2 aromatic rings. The van der Waals surface area contributed by atoms with Crippen LogP contribution < -0.4 is 10.2 Å². The molecule has 4 nitrogen and oxygen atoms in total. The van der Waals surface area contributed by atoms with Gasteiger partial charge in [0.15, 0.2) is 17.5 Å². The molecule has 0 aliphatic carbocycles. The van der Waals surface area contributed by atoms with Crippen LogP contribution in [0.4, 0.5) is 24.5 Å². The first-order valence-corrected chi connectivity index (χ1v) is 8.16. The smallest absolute Gasteiger partial charge is 0.229 e. The molecule has 1 saturated heterocycles. The Bertz CT molecular complexity index is 904. The molecule has 8 heteroatoms. The molecule has 3 rings (SSSR count). The number of hydrogen-bond acceptors (Lipinski definition) is 2. The minimum absolute atomic E-state index is 0.0803. The number of anilines is 2. The fourth-order valence-electron chi connectivity index (χ4n) is 2.85. The molecule has 1 aliphatic rings. The second-order valence-electron chi connectivity index (χ2n) is 6.05. The highest BCUT2D eigenvalue weighted by Crippen LogP contribution is 2.31. The molecule has 0 spiro atoms. The molecule has 1 atom stereocenters. The summed E-state index contributed by atoms with van der Waals surface area (Å²) < 4.78 is 39.9. The number of carbonyl (C=O) groups excluding carboxylic acids is 2. The van der Waals surface area contributed by atoms with Crippen molar-refractivity contribution in [2.24, 2.45) is 5.92 Å². The van der Waals surface area contributed by atoms with E-state index in [0.29, 0.717) is 10.7 Å². The molecule has 1 N–H and O–H groups in total. The zero-order valence-corrected chi connectivity index (χ0v) is 14.4. The summed E-state index contributed by atoms with van der Waals surface area (Å²) in [6.07, 6.45) is -0.0803. The fourth-order valence-corrected chi connectivity index (χ4v) is 3.01. The molecule has 2 aromatic carbocycles. The summed E-state index contributed by atoms with van der Waals surface area (Å²) in [6.45, 7) is 1.89. The van der Waals surface area contributed by atoms with Gasteiger partial charge in [0.05, 0.1) is 11.6 Å². The SMILES string of the molecule is Cc1ccc(Cl)cc1N1CC(C(=O)Nc2ccc(F)c(F)c2F)CC1=O. The Labute approximate surface area is 152 Å². The topological polar surface area (TPSA) is 49.4 Å². The van der Waals surface area contributed by atoms with Gasteiger partial charge in [-0.3, -0.25) is 9.59 Å². The minimum Gasteiger partial charge on any atom is -0.323 e. The van der Waals surface area contributed by atoms with Gasteiger partial charge in [-0.1, -0.05) is 17.7 Å². The van der Waals surface area contributed by atoms with Gasteiger partial charge in [-0.25, -0.2) is 13.2 Å². The highest BCUT2D eigenvalue weighted by atomic mass is 35.5. The first kappa shape index (κ1) is 18.3. The number of amides is 2. The van der Waals surface area contributed by atoms with Gasteiger partial charge in [0.1, 0.15) is 0 Å². The normalized spacial score (nSPS) is 16.9. The Hall–Kier alpha value is -2.54. The molecular weight excluding hydrogens is 369 g/mol. The number of nitrogens with zero attached hydrogens (tertiary/aromatic N) is 1. The molecule has 1 heterocycles. The van der Waals surface area contributed by atoms with E-state index in [1.54, 1.807) is 18.2 Å². The predicted molar refractivity (Wildman–Crippen MR) is 91.6 cm³/mol. The van der Waals surface area contributed by atoms with Crippen LogP contribution in [0.1, 0.15) is 12.0 Å². The Morgan fingerprint density at radius 2 is 1.92 bits per heavy atom. The molecule has 1 unspecified atom stereocenters. The fraction of sp³-hybridized carbons (Fsp3) is 0.222. The van der Waals surface area contributed by atoms with Gasteiger partial charge >= 0.3 is 0 Å². The molecule has 0 radical (unpaired) electrons. The second-order valence-corrected chi connectivity index (χ2v) is 6.48. The summed E-state index contributed by atoms with van der Waals surface area (Å²) in [5, 5.41) is 2.67. The van der Waals surface area contributed by atoms with Gasteiger partial charge < -0.3 is 10.2 Å². The lowest BCUT2D eigenvalue weighted by atomic mass is 10.1. The molecule has 0 bridgehead atoms. The van der Waals surface area contributed by atoms with Crippen LogP contribution in [0.5, 0.6) is 0 Å². The summed E-state index contributed by atoms with van der Waals surface area (Å²) in [6, 6.07) is 6.73. The number of carbonyl (C=O) groups is 2. The summed E-state index contributed by atoms with van der Waals surface area (Å²) in [7, 11) is 0. The van der Waals surface area contributed by atoms with Crippen LogP contribution in [0.15, 0.2) is 30.3 Å². The van der Waals surface area contributed by atoms with Crippen LogP contribution >= 0.6 is 11.6 Å². The quantitative estimate of drug-likeness (QED) is 0.814. The van der Waals surface area contributed by atoms with Crippen LogP contribution in [0.3, 0.4) is 0 Å². The average Bonchev–Trinajstić information content (AvgIpc) is 2.99. The number of benzene rings is 2. The van der Waals surface area contributed by atoms with E-state index in [1.807, 2.05) is 6.92 Å². The highest BCUT2D eigenvalue weighted by molar-refractivity contribution is 6.31. The molecule has 136 valence electrons. The number of nitrogens with one attached hydrogen (secondary N) is 1. The summed E-state index contributed by atoms with van der Waals surface area (Å²) >= 11 is 5.97. The van der Waals surface area contributed by atoms with Gasteiger partial charge in [0, 0.05) is 23.7 Å². The van der Waals surface area contributed by atoms with Crippen LogP contribution in [0.2, 0.25) is 5.02 Å². The van der Waals surface area contributed by atoms with E-state index < -0.39 is 35.0 Å². The van der Waals surface area contributed by atoms with Crippen molar-refractivity contribution in [3.8, 4) is 0 Å². The average molecular weight is 383 g/mol. The predicted octanol–water partition coefficient (Wildman–Crippen LogP) is 4.06. The van der Waals surface area contributed by atoms with Gasteiger partial charge in [-0.15, -0.1) is 0 Å². The first-order valence-electron chi connectivity index (χ1n) is 7.79. The summed E-state index contributed by atoms with van der Waals surface area (Å²) in [4.78, 5) is 26.1. The van der Waals surface area contributed by atoms with Gasteiger partial charge in [0.25, 0.3) is 0 Å². The van der Waals surface area contributed by atoms with Crippen LogP contribution in [-0.2, 0) is 9.59 Å². The number of aryl methyl sites for hydroxylation is 1. The third-order valence-electron chi connectivity index (χ3n) is 4.25. The van der Waals surface area contributed by atoms with E-state index in [0.717, 1.165) is 17.7 Å². The maximum absolute atomic E-state index is 13.7. The zero-order valence-electron chi connectivity index (χ0n) is 13.7. The van der Waals surface area contributed by atoms with E-state index in [1.165, 1.54) is 4.90 Å². The standard InChI is InChI=1S/C18H14ClF3N2O2/c1-9-2-3-11(19)7-14(9)24-8-10(6-15(24)25)18(26)23-13-5-4-12(20)16(21)17(13)22/h2-5,7,10H,6,8H2,1H3,(H,23,26). The largest absolute Gasteiger partial charge is 0.323 e. The Balaban J connectivity index is 1.77. The van der Waals surface area contributed by atoms with Crippen LogP contribution in [0.25, 0.3) is 0 Å². The molecule has 1 fully saturated rings. The molecule has 2 amide bonds. The first-order chi connectivity index (χ1) is 12.3. The van der Waals surface area contributed by atoms with E-state index in [9.17, 15) is 22.8 Å². The van der Waals surface area contributed by atoms with Crippen molar-refractivity contribution >= 4 is 34.8 Å². The van der Waals surface area contributed by atoms with E-state index in [4.69, 9.17) is 11.6 Å². The lowest BCUT2D eigenvalue weighted by Crippen LogP contribution is -2.28. The Kier molecular flexibility index (Phi) is 4.91. The highest BCUT2D eigenvalue weighted by Gasteiger charge is 2.36. The van der Waals surface area contributed by atoms with Gasteiger partial charge in [0.2, 0.25) is 11.8 Å². The minimum atomic E-state index is -1.67. The third kappa shape index (κ3) is 3.39. The lowest BCUT2D eigenvalue weighted by Gasteiger charge is -2.19. The van der Waals surface area contributed by atoms with Crippen molar-refractivity contribution in [1.82, 2.24) is 0 Å². The molecule has 26 heavy (non-hydrogen) atoms. The second kappa shape index (κ2) is 6.99. The Morgan fingerprint density at radius 1 is 1.19 bits per heavy atom. The van der Waals surface area contributed by atoms with Crippen molar-refractivity contribution in [1.29, 1.82) is 0 Å². The van der Waals surface area contributed by atoms with Crippen molar-refractivity contribution < 1.29 is 22.8 Å². The van der Waals surface area contributed by atoms with Crippen molar-refractivity contribution in [3.05, 3.63) is 58.4 Å². The van der Waals surface area contributed by atoms with E-state index in [2.05, 4.69) is 5.32 Å². The van der Waals surface area contributed by atoms with Gasteiger partial charge in [-0.2, -0.15) is 0 Å². The van der Waals surface area contributed by atoms with E-state index in [-0.39, 0.29) is 18.9 Å². The van der Waals surface area contributed by atoms with Crippen molar-refractivity contribution in [2.75, 3.05) is 16.8 Å². The van der Waals surface area contributed by atoms with Crippen molar-refractivity contribution in [3.63, 3.8) is 0 Å². The maximum atomic E-state index is 13.7. The maximum Gasteiger partial charge on any atom is 0.229 e. The van der Waals surface area contributed by atoms with Crippen LogP contribution in [-0.4, -0.2) is 18.4 Å². The summed E-state index contributed by atoms with van der Waals surface area (Å²) in [5.74, 6) is -6.18. The van der Waals surface area contributed by atoms with Crippen molar-refractivity contribution in [2.45, 2.75) is 13.3 Å².